The maximum absolute atomic E-state index is 13.3. The lowest BCUT2D eigenvalue weighted by molar-refractivity contribution is -0.110. The average molecular weight is 550 g/mol. The van der Waals surface area contributed by atoms with Crippen molar-refractivity contribution >= 4 is 48.5 Å². The number of thiazole rings is 1. The smallest absolute Gasteiger partial charge is 0.280 e. The molecule has 0 unspecified atom stereocenters. The maximum Gasteiger partial charge on any atom is 0.280 e. The van der Waals surface area contributed by atoms with Crippen LogP contribution in [0.5, 0.6) is 5.88 Å². The highest BCUT2D eigenvalue weighted by atomic mass is 32.2. The zero-order chi connectivity index (χ0) is 26.4. The van der Waals surface area contributed by atoms with Gasteiger partial charge in [0.25, 0.3) is 5.91 Å². The van der Waals surface area contributed by atoms with Gasteiger partial charge >= 0.3 is 0 Å². The van der Waals surface area contributed by atoms with Crippen molar-refractivity contribution in [3.05, 3.63) is 42.0 Å². The summed E-state index contributed by atoms with van der Waals surface area (Å²) < 4.78 is 42.3. The number of rotatable bonds is 11. The molecule has 2 aromatic heterocycles. The van der Waals surface area contributed by atoms with Crippen molar-refractivity contribution in [2.75, 3.05) is 52.9 Å². The first kappa shape index (κ1) is 26.9. The molecule has 3 heterocycles. The molecule has 1 aliphatic heterocycles. The summed E-state index contributed by atoms with van der Waals surface area (Å²) in [7, 11) is 0.767. The molecule has 198 valence electrons. The first-order valence-electron chi connectivity index (χ1n) is 11.3. The number of nitrogens with zero attached hydrogens (tertiary/aromatic N) is 4. The third-order valence-electron chi connectivity index (χ3n) is 5.50. The summed E-state index contributed by atoms with van der Waals surface area (Å²) in [5, 5.41) is 7.16. The van der Waals surface area contributed by atoms with Crippen LogP contribution in [0.4, 0.5) is 5.13 Å². The Morgan fingerprint density at radius 2 is 2.00 bits per heavy atom. The van der Waals surface area contributed by atoms with E-state index in [1.807, 2.05) is 0 Å². The van der Waals surface area contributed by atoms with Crippen LogP contribution in [0.3, 0.4) is 0 Å². The first-order chi connectivity index (χ1) is 17.8. The monoisotopic (exact) mass is 549 g/mol. The Hall–Kier alpha value is -3.17. The van der Waals surface area contributed by atoms with Crippen molar-refractivity contribution in [1.82, 2.24) is 14.3 Å². The van der Waals surface area contributed by atoms with Crippen LogP contribution in [-0.4, -0.2) is 88.0 Å². The number of carbonyl (C=O) groups excluding carboxylic acids is 1. The van der Waals surface area contributed by atoms with Gasteiger partial charge in [0.2, 0.25) is 15.9 Å². The Kier molecular flexibility index (Phi) is 8.66. The summed E-state index contributed by atoms with van der Waals surface area (Å²) in [5.74, 6) is -0.135. The molecule has 12 nitrogen and oxygen atoms in total. The van der Waals surface area contributed by atoms with Crippen LogP contribution in [0.15, 0.2) is 46.4 Å². The topological polar surface area (TPSA) is 142 Å². The number of sulfonamides is 1. The largest absolute Gasteiger partial charge is 0.481 e. The van der Waals surface area contributed by atoms with E-state index in [0.29, 0.717) is 46.6 Å². The van der Waals surface area contributed by atoms with Gasteiger partial charge < -0.3 is 19.0 Å². The molecule has 0 saturated carbocycles. The van der Waals surface area contributed by atoms with E-state index in [0.717, 1.165) is 0 Å². The summed E-state index contributed by atoms with van der Waals surface area (Å²) in [5.41, 5.74) is 0.940. The van der Waals surface area contributed by atoms with Crippen LogP contribution in [0.1, 0.15) is 12.0 Å². The zero-order valence-corrected chi connectivity index (χ0v) is 22.2. The predicted molar refractivity (Wildman–Crippen MR) is 138 cm³/mol. The Morgan fingerprint density at radius 3 is 2.68 bits per heavy atom. The molecule has 4 rings (SSSR count). The highest BCUT2D eigenvalue weighted by molar-refractivity contribution is 7.89. The van der Waals surface area contributed by atoms with Crippen molar-refractivity contribution in [2.45, 2.75) is 17.4 Å². The molecule has 1 amide bonds. The Balaban J connectivity index is 1.58. The van der Waals surface area contributed by atoms with Gasteiger partial charge in [-0.2, -0.15) is 4.31 Å². The molecule has 0 bridgehead atoms. The van der Waals surface area contributed by atoms with Gasteiger partial charge in [-0.15, -0.1) is 0 Å². The number of nitrogens with one attached hydrogen (secondary N) is 1. The molecule has 1 fully saturated rings. The van der Waals surface area contributed by atoms with Gasteiger partial charge in [0, 0.05) is 38.8 Å². The second kappa shape index (κ2) is 11.9. The van der Waals surface area contributed by atoms with Gasteiger partial charge in [0.1, 0.15) is 10.3 Å². The van der Waals surface area contributed by atoms with E-state index in [1.165, 1.54) is 61.2 Å². The number of carbonyl (C=O) groups is 1. The number of anilines is 1. The van der Waals surface area contributed by atoms with E-state index in [2.05, 4.69) is 20.4 Å². The minimum atomic E-state index is -3.73. The van der Waals surface area contributed by atoms with E-state index >= 15 is 0 Å². The third-order valence-corrected chi connectivity index (χ3v) is 8.25. The summed E-state index contributed by atoms with van der Waals surface area (Å²) in [4.78, 5) is 28.2. The van der Waals surface area contributed by atoms with E-state index < -0.39 is 15.9 Å². The number of hydrogen-bond acceptors (Lipinski definition) is 11. The van der Waals surface area contributed by atoms with Crippen molar-refractivity contribution in [1.29, 1.82) is 0 Å². The van der Waals surface area contributed by atoms with Gasteiger partial charge in [-0.3, -0.25) is 10.1 Å². The van der Waals surface area contributed by atoms with Crippen molar-refractivity contribution in [2.24, 2.45) is 5.16 Å². The molecular weight excluding hydrogens is 522 g/mol. The quantitative estimate of drug-likeness (QED) is 0.281. The first-order valence-corrected chi connectivity index (χ1v) is 13.6. The van der Waals surface area contributed by atoms with Gasteiger partial charge in [0.05, 0.1) is 31.8 Å². The fraction of sp³-hybridized carbons (Fsp3) is 0.391. The van der Waals surface area contributed by atoms with E-state index in [9.17, 15) is 13.2 Å². The Labute approximate surface area is 218 Å². The average Bonchev–Trinajstić information content (AvgIpc) is 3.56. The summed E-state index contributed by atoms with van der Waals surface area (Å²) >= 11 is 1.18. The Bertz CT molecular complexity index is 1370. The van der Waals surface area contributed by atoms with E-state index in [4.69, 9.17) is 19.0 Å². The van der Waals surface area contributed by atoms with Crippen LogP contribution in [-0.2, 0) is 29.1 Å². The number of methoxy groups -OCH3 is 2. The molecule has 1 N–H and O–H groups in total. The number of pyridine rings is 1. The number of amides is 1. The second-order valence-electron chi connectivity index (χ2n) is 8.03. The predicted octanol–water partition coefficient (Wildman–Crippen LogP) is 2.12. The minimum absolute atomic E-state index is 0.0339. The normalized spacial score (nSPS) is 16.3. The number of aromatic nitrogens is 2. The van der Waals surface area contributed by atoms with Gasteiger partial charge in [-0.05, 0) is 18.2 Å². The summed E-state index contributed by atoms with van der Waals surface area (Å²) in [6.45, 7) is 1.39. The van der Waals surface area contributed by atoms with Crippen LogP contribution in [0, 0.1) is 0 Å². The van der Waals surface area contributed by atoms with Gasteiger partial charge in [-0.1, -0.05) is 28.6 Å². The molecule has 0 aliphatic carbocycles. The molecular formula is C23H27N5O7S2. The van der Waals surface area contributed by atoms with Gasteiger partial charge in [0.15, 0.2) is 16.9 Å². The zero-order valence-electron chi connectivity index (χ0n) is 20.5. The van der Waals surface area contributed by atoms with Crippen LogP contribution in [0.25, 0.3) is 10.3 Å². The van der Waals surface area contributed by atoms with Crippen molar-refractivity contribution in [3.63, 3.8) is 0 Å². The van der Waals surface area contributed by atoms with Crippen LogP contribution >= 0.6 is 11.3 Å². The fourth-order valence-corrected chi connectivity index (χ4v) is 5.36. The molecule has 0 radical (unpaired) electrons. The molecule has 14 heteroatoms. The third kappa shape index (κ3) is 6.40. The number of likely N-dealkylation sites (N-methyl/N-ethyl adjacent to an activating group) is 1. The molecule has 0 spiro atoms. The molecule has 1 saturated heterocycles. The highest BCUT2D eigenvalue weighted by Gasteiger charge is 2.24. The summed E-state index contributed by atoms with van der Waals surface area (Å²) in [6, 6.07) is 9.28. The van der Waals surface area contributed by atoms with Crippen molar-refractivity contribution < 1.29 is 32.3 Å². The van der Waals surface area contributed by atoms with Crippen LogP contribution in [0.2, 0.25) is 0 Å². The Morgan fingerprint density at radius 1 is 1.22 bits per heavy atom. The molecule has 1 atom stereocenters. The second-order valence-corrected chi connectivity index (χ2v) is 11.0. The van der Waals surface area contributed by atoms with E-state index in [-0.39, 0.29) is 29.9 Å². The lowest BCUT2D eigenvalue weighted by atomic mass is 10.1. The van der Waals surface area contributed by atoms with Crippen molar-refractivity contribution in [3.8, 4) is 5.88 Å². The lowest BCUT2D eigenvalue weighted by Crippen LogP contribution is -2.30. The summed E-state index contributed by atoms with van der Waals surface area (Å²) in [6.07, 6.45) is 0.366. The SMILES string of the molecule is COCCN(C)S(=O)(=O)c1ccc(C(=NO[C@@H]2CCOC2)C(=O)Nc2nc3ccc(OC)nc3s2)cc1. The highest BCUT2D eigenvalue weighted by Crippen LogP contribution is 2.26. The van der Waals surface area contributed by atoms with E-state index in [1.54, 1.807) is 12.1 Å². The molecule has 1 aromatic carbocycles. The fourth-order valence-electron chi connectivity index (χ4n) is 3.38. The number of oxime groups is 1. The molecule has 37 heavy (non-hydrogen) atoms. The number of fused-ring (bicyclic) bond motifs is 1. The molecule has 1 aliphatic rings. The standard InChI is InChI=1S/C23H27N5O7S2/c1-28(11-13-32-2)37(30,31)17-6-4-15(5-7-17)20(27-35-16-10-12-34-14-16)21(29)26-23-24-18-8-9-19(33-3)25-22(18)36-23/h4-9,16H,10-14H2,1-3H3,(H,24,26,29)/t16-/m1/s1. The number of benzene rings is 1. The van der Waals surface area contributed by atoms with Crippen LogP contribution < -0.4 is 10.1 Å². The number of hydrogen-bond donors (Lipinski definition) is 1. The molecule has 3 aromatic rings. The van der Waals surface area contributed by atoms with Gasteiger partial charge in [-0.25, -0.2) is 18.4 Å². The lowest BCUT2D eigenvalue weighted by Gasteiger charge is -2.17. The maximum atomic E-state index is 13.3. The number of ether oxygens (including phenoxy) is 3. The minimum Gasteiger partial charge on any atom is -0.481 e.